The van der Waals surface area contributed by atoms with Gasteiger partial charge in [-0.15, -0.1) is 0 Å². The Balaban J connectivity index is 1.68. The highest BCUT2D eigenvalue weighted by Crippen LogP contribution is 2.72. The Morgan fingerprint density at radius 2 is 1.66 bits per heavy atom. The van der Waals surface area contributed by atoms with Crippen LogP contribution in [0.5, 0.6) is 0 Å². The van der Waals surface area contributed by atoms with E-state index in [0.717, 1.165) is 38.0 Å². The van der Waals surface area contributed by atoms with Crippen LogP contribution in [0.1, 0.15) is 119 Å². The van der Waals surface area contributed by atoms with E-state index in [2.05, 4.69) is 54.5 Å². The first-order valence-electron chi connectivity index (χ1n) is 13.8. The molecule has 0 bridgehead atoms. The standard InChI is InChI=1S/C30H49NO/c1-20(2)9-8-10-21(3)22-14-18-30(19-31)24-11-12-25-27(4,5)26(32)15-16-28(25,6)23(24)13-17-29(22,30)7/h20-22,25-26,32H,8-18H2,1-7H3/t21-,22-,25?,26+,28-,29-,30-/m1/s1. The fraction of sp³-hybridized carbons (Fsp3) is 0.900. The molecule has 32 heavy (non-hydrogen) atoms. The normalized spacial score (nSPS) is 43.9. The van der Waals surface area contributed by atoms with Crippen LogP contribution in [0.15, 0.2) is 11.1 Å². The molecule has 0 amide bonds. The molecule has 4 aliphatic rings. The lowest BCUT2D eigenvalue weighted by Gasteiger charge is -2.61. The molecule has 2 saturated carbocycles. The van der Waals surface area contributed by atoms with E-state index >= 15 is 0 Å². The zero-order chi connectivity index (χ0) is 23.5. The van der Waals surface area contributed by atoms with E-state index in [0.29, 0.717) is 17.8 Å². The molecule has 2 heteroatoms. The summed E-state index contributed by atoms with van der Waals surface area (Å²) in [6, 6.07) is 3.01. The first-order chi connectivity index (χ1) is 14.9. The predicted octanol–water partition coefficient (Wildman–Crippen LogP) is 8.06. The second kappa shape index (κ2) is 8.15. The molecule has 0 aromatic carbocycles. The molecule has 0 aromatic rings. The maximum absolute atomic E-state index is 10.8. The lowest BCUT2D eigenvalue weighted by atomic mass is 9.43. The Hall–Kier alpha value is -0.810. The first kappa shape index (κ1) is 24.3. The van der Waals surface area contributed by atoms with Crippen molar-refractivity contribution in [3.05, 3.63) is 11.1 Å². The summed E-state index contributed by atoms with van der Waals surface area (Å²) in [5.74, 6) is 2.71. The number of nitriles is 1. The van der Waals surface area contributed by atoms with Gasteiger partial charge in [0.05, 0.1) is 17.6 Å². The van der Waals surface area contributed by atoms with Gasteiger partial charge in [0.15, 0.2) is 0 Å². The van der Waals surface area contributed by atoms with E-state index in [1.54, 1.807) is 11.1 Å². The summed E-state index contributed by atoms with van der Waals surface area (Å²) in [6.45, 7) is 16.7. The van der Waals surface area contributed by atoms with Crippen LogP contribution in [0.3, 0.4) is 0 Å². The number of allylic oxidation sites excluding steroid dienone is 2. The van der Waals surface area contributed by atoms with Gasteiger partial charge in [-0.05, 0) is 96.9 Å². The van der Waals surface area contributed by atoms with Crippen molar-refractivity contribution >= 4 is 0 Å². The lowest BCUT2D eigenvalue weighted by Crippen LogP contribution is -2.55. The number of hydrogen-bond donors (Lipinski definition) is 1. The lowest BCUT2D eigenvalue weighted by molar-refractivity contribution is -0.0948. The van der Waals surface area contributed by atoms with Crippen LogP contribution in [-0.4, -0.2) is 11.2 Å². The number of rotatable bonds is 5. The summed E-state index contributed by atoms with van der Waals surface area (Å²) in [5, 5.41) is 21.6. The van der Waals surface area contributed by atoms with Gasteiger partial charge in [0.25, 0.3) is 0 Å². The summed E-state index contributed by atoms with van der Waals surface area (Å²) in [5.41, 5.74) is 3.24. The van der Waals surface area contributed by atoms with Gasteiger partial charge in [-0.1, -0.05) is 73.3 Å². The smallest absolute Gasteiger partial charge is 0.0841 e. The van der Waals surface area contributed by atoms with E-state index in [-0.39, 0.29) is 27.8 Å². The maximum atomic E-state index is 10.8. The highest BCUT2D eigenvalue weighted by molar-refractivity contribution is 5.43. The molecule has 4 rings (SSSR count). The zero-order valence-corrected chi connectivity index (χ0v) is 22.1. The summed E-state index contributed by atoms with van der Waals surface area (Å²) in [6.07, 6.45) is 12.7. The van der Waals surface area contributed by atoms with Crippen LogP contribution in [0, 0.1) is 56.7 Å². The van der Waals surface area contributed by atoms with Crippen molar-refractivity contribution in [1.82, 2.24) is 0 Å². The van der Waals surface area contributed by atoms with Crippen LogP contribution in [0.2, 0.25) is 0 Å². The van der Waals surface area contributed by atoms with E-state index in [9.17, 15) is 10.4 Å². The third-order valence-electron chi connectivity index (χ3n) is 11.6. The van der Waals surface area contributed by atoms with Crippen molar-refractivity contribution in [3.63, 3.8) is 0 Å². The minimum atomic E-state index is -0.244. The van der Waals surface area contributed by atoms with Gasteiger partial charge >= 0.3 is 0 Å². The van der Waals surface area contributed by atoms with Gasteiger partial charge in [-0.2, -0.15) is 5.26 Å². The van der Waals surface area contributed by atoms with Crippen molar-refractivity contribution in [2.75, 3.05) is 0 Å². The molecule has 0 spiro atoms. The number of aliphatic hydroxyl groups is 1. The molecule has 0 saturated heterocycles. The van der Waals surface area contributed by atoms with E-state index in [4.69, 9.17) is 0 Å². The molecule has 4 aliphatic carbocycles. The van der Waals surface area contributed by atoms with Gasteiger partial charge in [-0.25, -0.2) is 0 Å². The van der Waals surface area contributed by atoms with E-state index in [1.165, 1.54) is 38.5 Å². The van der Waals surface area contributed by atoms with Crippen LogP contribution in [0.4, 0.5) is 0 Å². The van der Waals surface area contributed by atoms with Crippen LogP contribution in [-0.2, 0) is 0 Å². The Morgan fingerprint density at radius 3 is 2.31 bits per heavy atom. The third-order valence-corrected chi connectivity index (χ3v) is 11.6. The number of fused-ring (bicyclic) bond motifs is 4. The molecule has 1 N–H and O–H groups in total. The van der Waals surface area contributed by atoms with Crippen molar-refractivity contribution in [3.8, 4) is 6.07 Å². The molecule has 7 atom stereocenters. The SMILES string of the molecule is CC(C)CCC[C@@H](C)[C@H]1CC[C@@]2(C#N)C3=C(CC[C@]12C)[C@@]1(C)CC[C@H](O)C(C)(C)C1CC3. The highest BCUT2D eigenvalue weighted by atomic mass is 16.3. The van der Waals surface area contributed by atoms with Crippen LogP contribution in [0.25, 0.3) is 0 Å². The summed E-state index contributed by atoms with van der Waals surface area (Å²) in [4.78, 5) is 0. The van der Waals surface area contributed by atoms with Crippen LogP contribution >= 0.6 is 0 Å². The second-order valence-corrected chi connectivity index (χ2v) is 13.7. The minimum Gasteiger partial charge on any atom is -0.393 e. The third kappa shape index (κ3) is 3.27. The van der Waals surface area contributed by atoms with E-state index < -0.39 is 0 Å². The van der Waals surface area contributed by atoms with Gasteiger partial charge in [0.2, 0.25) is 0 Å². The molecular weight excluding hydrogens is 390 g/mol. The van der Waals surface area contributed by atoms with Crippen molar-refractivity contribution in [1.29, 1.82) is 5.26 Å². The highest BCUT2D eigenvalue weighted by Gasteiger charge is 2.65. The fourth-order valence-electron chi connectivity index (χ4n) is 9.56. The molecule has 1 unspecified atom stereocenters. The van der Waals surface area contributed by atoms with Gasteiger partial charge in [0.1, 0.15) is 0 Å². The molecule has 0 aromatic heterocycles. The summed E-state index contributed by atoms with van der Waals surface area (Å²) < 4.78 is 0. The number of nitrogens with zero attached hydrogens (tertiary/aromatic N) is 1. The van der Waals surface area contributed by atoms with Crippen LogP contribution < -0.4 is 0 Å². The largest absolute Gasteiger partial charge is 0.393 e. The average Bonchev–Trinajstić information content (AvgIpc) is 3.04. The van der Waals surface area contributed by atoms with Crippen molar-refractivity contribution < 1.29 is 5.11 Å². The monoisotopic (exact) mass is 439 g/mol. The minimum absolute atomic E-state index is 0.0325. The number of aliphatic hydroxyl groups excluding tert-OH is 1. The molecule has 0 heterocycles. The zero-order valence-electron chi connectivity index (χ0n) is 22.1. The second-order valence-electron chi connectivity index (χ2n) is 13.7. The molecule has 0 radical (unpaired) electrons. The Kier molecular flexibility index (Phi) is 6.19. The molecule has 0 aliphatic heterocycles. The average molecular weight is 440 g/mol. The van der Waals surface area contributed by atoms with Crippen molar-refractivity contribution in [2.45, 2.75) is 125 Å². The molecular formula is C30H49NO. The summed E-state index contributed by atoms with van der Waals surface area (Å²) in [7, 11) is 0. The fourth-order valence-corrected chi connectivity index (χ4v) is 9.56. The quantitative estimate of drug-likeness (QED) is 0.440. The first-order valence-corrected chi connectivity index (χ1v) is 13.8. The maximum Gasteiger partial charge on any atom is 0.0841 e. The Morgan fingerprint density at radius 1 is 0.938 bits per heavy atom. The molecule has 2 nitrogen and oxygen atoms in total. The summed E-state index contributed by atoms with van der Waals surface area (Å²) >= 11 is 0. The predicted molar refractivity (Wildman–Crippen MR) is 133 cm³/mol. The van der Waals surface area contributed by atoms with Gasteiger partial charge in [-0.3, -0.25) is 0 Å². The van der Waals surface area contributed by atoms with E-state index in [1.807, 2.05) is 0 Å². The van der Waals surface area contributed by atoms with Crippen molar-refractivity contribution in [2.24, 2.45) is 45.3 Å². The molecule has 180 valence electrons. The number of hydrogen-bond acceptors (Lipinski definition) is 2. The van der Waals surface area contributed by atoms with Gasteiger partial charge in [0, 0.05) is 0 Å². The Labute approximate surface area is 198 Å². The molecule has 2 fully saturated rings. The van der Waals surface area contributed by atoms with Gasteiger partial charge < -0.3 is 5.11 Å². The topological polar surface area (TPSA) is 44.0 Å². The Bertz CT molecular complexity index is 802.